The van der Waals surface area contributed by atoms with Crippen LogP contribution in [0.3, 0.4) is 0 Å². The van der Waals surface area contributed by atoms with E-state index in [4.69, 9.17) is 5.10 Å². The van der Waals surface area contributed by atoms with E-state index in [0.717, 1.165) is 33.0 Å². The van der Waals surface area contributed by atoms with E-state index >= 15 is 0 Å². The van der Waals surface area contributed by atoms with Crippen molar-refractivity contribution in [3.63, 3.8) is 0 Å². The van der Waals surface area contributed by atoms with Crippen LogP contribution in [0.15, 0.2) is 94.5 Å². The van der Waals surface area contributed by atoms with Crippen molar-refractivity contribution in [3.8, 4) is 5.69 Å². The van der Waals surface area contributed by atoms with Gasteiger partial charge in [-0.15, -0.1) is 21.5 Å². The molecule has 1 aliphatic heterocycles. The molecule has 0 saturated carbocycles. The van der Waals surface area contributed by atoms with Crippen LogP contribution in [0, 0.1) is 29.8 Å². The number of aryl methyl sites for hydroxylation is 1. The molecule has 47 heavy (non-hydrogen) atoms. The van der Waals surface area contributed by atoms with Gasteiger partial charge in [0.05, 0.1) is 39.5 Å². The predicted octanol–water partition coefficient (Wildman–Crippen LogP) is 6.39. The van der Waals surface area contributed by atoms with Crippen molar-refractivity contribution >= 4 is 46.3 Å². The number of thioether (sulfide) groups is 1. The van der Waals surface area contributed by atoms with Gasteiger partial charge in [-0.05, 0) is 72.3 Å². The number of aromatic nitrogens is 3. The first-order valence-electron chi connectivity index (χ1n) is 14.5. The lowest BCUT2D eigenvalue weighted by Gasteiger charge is -2.22. The number of halogens is 1. The van der Waals surface area contributed by atoms with E-state index in [-0.39, 0.29) is 41.3 Å². The van der Waals surface area contributed by atoms with Crippen LogP contribution in [0.25, 0.3) is 5.69 Å². The van der Waals surface area contributed by atoms with E-state index in [9.17, 15) is 24.1 Å². The third-order valence-corrected chi connectivity index (χ3v) is 9.65. The number of hydrogen-bond donors (Lipinski definition) is 1. The summed E-state index contributed by atoms with van der Waals surface area (Å²) in [6.45, 7) is 3.97. The maximum absolute atomic E-state index is 13.8. The number of rotatable bonds is 10. The summed E-state index contributed by atoms with van der Waals surface area (Å²) >= 11 is 2.74. The number of nitro benzene ring substituents is 1. The Kier molecular flexibility index (Phi) is 9.22. The largest absolute Gasteiger partial charge is 0.345 e. The van der Waals surface area contributed by atoms with E-state index in [0.29, 0.717) is 17.4 Å². The van der Waals surface area contributed by atoms with Crippen molar-refractivity contribution in [3.05, 3.63) is 133 Å². The maximum atomic E-state index is 13.8. The Bertz CT molecular complexity index is 1980. The van der Waals surface area contributed by atoms with Gasteiger partial charge in [0.25, 0.3) is 17.5 Å². The molecule has 11 nitrogen and oxygen atoms in total. The molecule has 6 rings (SSSR count). The fourth-order valence-corrected chi connectivity index (χ4v) is 6.73. The molecule has 0 radical (unpaired) electrons. The van der Waals surface area contributed by atoms with Gasteiger partial charge in [0.1, 0.15) is 5.82 Å². The number of benzene rings is 3. The zero-order valence-electron chi connectivity index (χ0n) is 25.3. The molecule has 238 valence electrons. The quantitative estimate of drug-likeness (QED) is 0.103. The molecule has 2 amide bonds. The molecule has 0 saturated heterocycles. The minimum Gasteiger partial charge on any atom is -0.345 e. The number of amides is 2. The van der Waals surface area contributed by atoms with Gasteiger partial charge >= 0.3 is 0 Å². The number of nitrogens with zero attached hydrogens (tertiary/aromatic N) is 6. The predicted molar refractivity (Wildman–Crippen MR) is 177 cm³/mol. The summed E-state index contributed by atoms with van der Waals surface area (Å²) in [5.41, 5.74) is 4.54. The molecule has 1 unspecified atom stereocenters. The molecule has 3 heterocycles. The van der Waals surface area contributed by atoms with Crippen molar-refractivity contribution in [2.45, 2.75) is 38.0 Å². The fraction of sp³-hybridized carbons (Fsp3) is 0.182. The number of thiophene rings is 1. The maximum Gasteiger partial charge on any atom is 0.269 e. The third-order valence-electron chi connectivity index (χ3n) is 7.82. The first-order valence-corrected chi connectivity index (χ1v) is 16.4. The molecular weight excluding hydrogens is 642 g/mol. The van der Waals surface area contributed by atoms with Crippen LogP contribution in [0.5, 0.6) is 0 Å². The minimum absolute atomic E-state index is 0.00291. The van der Waals surface area contributed by atoms with E-state index < -0.39 is 10.8 Å². The Morgan fingerprint density at radius 2 is 1.81 bits per heavy atom. The van der Waals surface area contributed by atoms with E-state index in [1.165, 1.54) is 53.2 Å². The summed E-state index contributed by atoms with van der Waals surface area (Å²) in [6.07, 6.45) is 0.500. The highest BCUT2D eigenvalue weighted by Crippen LogP contribution is 2.35. The Morgan fingerprint density at radius 3 is 2.51 bits per heavy atom. The lowest BCUT2D eigenvalue weighted by atomic mass is 10.0. The normalized spacial score (nSPS) is 14.2. The number of nitro groups is 1. The van der Waals surface area contributed by atoms with E-state index in [1.54, 1.807) is 23.5 Å². The molecule has 0 spiro atoms. The van der Waals surface area contributed by atoms with Gasteiger partial charge < -0.3 is 5.32 Å². The van der Waals surface area contributed by atoms with E-state index in [1.807, 2.05) is 54.1 Å². The van der Waals surface area contributed by atoms with Gasteiger partial charge in [-0.25, -0.2) is 9.40 Å². The van der Waals surface area contributed by atoms with Crippen LogP contribution in [0.1, 0.15) is 50.2 Å². The minimum atomic E-state index is -0.528. The Morgan fingerprint density at radius 1 is 1.04 bits per heavy atom. The second kappa shape index (κ2) is 13.6. The molecule has 0 fully saturated rings. The number of nitrogens with one attached hydrogen (secondary N) is 1. The summed E-state index contributed by atoms with van der Waals surface area (Å²) in [7, 11) is 0. The number of hydrogen-bond acceptors (Lipinski definition) is 9. The average Bonchev–Trinajstić information content (AvgIpc) is 3.85. The smallest absolute Gasteiger partial charge is 0.269 e. The van der Waals surface area contributed by atoms with Crippen molar-refractivity contribution in [2.24, 2.45) is 5.10 Å². The topological polar surface area (TPSA) is 136 Å². The van der Waals surface area contributed by atoms with Crippen LogP contribution in [0.2, 0.25) is 0 Å². The standard InChI is InChI=1S/C33H28FN7O4S2/c1-20-5-3-6-27(21(20)2)39-30(18-35-32(43)23-10-14-25(15-11-23)41(44)45)36-37-33(39)47-19-31(42)40-28(22-8-12-24(34)13-9-22)17-26(38-40)29-7-4-16-46-29/h3-16,28H,17-19H2,1-2H3,(H,35,43). The lowest BCUT2D eigenvalue weighted by molar-refractivity contribution is -0.384. The third kappa shape index (κ3) is 6.83. The highest BCUT2D eigenvalue weighted by molar-refractivity contribution is 7.99. The summed E-state index contributed by atoms with van der Waals surface area (Å²) in [5, 5.41) is 31.1. The van der Waals surface area contributed by atoms with Gasteiger partial charge in [-0.1, -0.05) is 42.1 Å². The van der Waals surface area contributed by atoms with Crippen LogP contribution >= 0.6 is 23.1 Å². The molecule has 0 bridgehead atoms. The van der Waals surface area contributed by atoms with Crippen molar-refractivity contribution in [1.82, 2.24) is 25.1 Å². The molecule has 1 aliphatic rings. The van der Waals surface area contributed by atoms with Crippen LogP contribution < -0.4 is 5.32 Å². The second-order valence-corrected chi connectivity index (χ2v) is 12.7. The molecule has 5 aromatic rings. The Balaban J connectivity index is 1.24. The van der Waals surface area contributed by atoms with Crippen molar-refractivity contribution < 1.29 is 18.9 Å². The molecule has 14 heteroatoms. The molecule has 0 aliphatic carbocycles. The SMILES string of the molecule is Cc1cccc(-n2c(CNC(=O)c3ccc([N+](=O)[O-])cc3)nnc2SCC(=O)N2N=C(c3cccs3)CC2c2ccc(F)cc2)c1C. The van der Waals surface area contributed by atoms with Gasteiger partial charge in [0, 0.05) is 24.1 Å². The molecular formula is C33H28FN7O4S2. The summed E-state index contributed by atoms with van der Waals surface area (Å²) < 4.78 is 15.5. The monoisotopic (exact) mass is 669 g/mol. The zero-order chi connectivity index (χ0) is 33.1. The number of hydrazone groups is 1. The Hall–Kier alpha value is -5.21. The van der Waals surface area contributed by atoms with Crippen molar-refractivity contribution in [1.29, 1.82) is 0 Å². The van der Waals surface area contributed by atoms with Crippen LogP contribution in [-0.2, 0) is 11.3 Å². The molecule has 2 aromatic heterocycles. The highest BCUT2D eigenvalue weighted by atomic mass is 32.2. The first kappa shape index (κ1) is 31.8. The summed E-state index contributed by atoms with van der Waals surface area (Å²) in [5.74, 6) is -0.603. The van der Waals surface area contributed by atoms with Crippen LogP contribution in [0.4, 0.5) is 10.1 Å². The number of carbonyl (C=O) groups is 2. The fourth-order valence-electron chi connectivity index (χ4n) is 5.19. The lowest BCUT2D eigenvalue weighted by Crippen LogP contribution is -2.28. The highest BCUT2D eigenvalue weighted by Gasteiger charge is 2.34. The number of carbonyl (C=O) groups excluding carboxylic acids is 2. The Labute approximate surface area is 277 Å². The molecule has 1 N–H and O–H groups in total. The van der Waals surface area contributed by atoms with Gasteiger partial charge in [0.15, 0.2) is 11.0 Å². The zero-order valence-corrected chi connectivity index (χ0v) is 26.9. The van der Waals surface area contributed by atoms with Crippen LogP contribution in [-0.4, -0.2) is 48.0 Å². The molecule has 1 atom stereocenters. The van der Waals surface area contributed by atoms with Gasteiger partial charge in [0.2, 0.25) is 0 Å². The second-order valence-electron chi connectivity index (χ2n) is 10.8. The van der Waals surface area contributed by atoms with Gasteiger partial charge in [-0.3, -0.25) is 24.3 Å². The summed E-state index contributed by atoms with van der Waals surface area (Å²) in [6, 6.07) is 20.8. The molecule has 3 aromatic carbocycles. The summed E-state index contributed by atoms with van der Waals surface area (Å²) in [4.78, 5) is 38.1. The van der Waals surface area contributed by atoms with Gasteiger partial charge in [-0.2, -0.15) is 5.10 Å². The average molecular weight is 670 g/mol. The van der Waals surface area contributed by atoms with E-state index in [2.05, 4.69) is 15.5 Å². The first-order chi connectivity index (χ1) is 22.7. The van der Waals surface area contributed by atoms with Crippen molar-refractivity contribution in [2.75, 3.05) is 5.75 Å². The number of non-ortho nitro benzene ring substituents is 1.